The first-order valence-electron chi connectivity index (χ1n) is 8.48. The third-order valence-corrected chi connectivity index (χ3v) is 4.35. The Labute approximate surface area is 156 Å². The highest BCUT2D eigenvalue weighted by atomic mass is 16.6. The van der Waals surface area contributed by atoms with E-state index < -0.39 is 10.9 Å². The quantitative estimate of drug-likeness (QED) is 0.461. The molecule has 0 spiro atoms. The first kappa shape index (κ1) is 18.3. The minimum atomic E-state index is -0.684. The predicted molar refractivity (Wildman–Crippen MR) is 99.0 cm³/mol. The summed E-state index contributed by atoms with van der Waals surface area (Å²) in [5.41, 5.74) is 2.40. The van der Waals surface area contributed by atoms with Gasteiger partial charge < -0.3 is 9.64 Å². The van der Waals surface area contributed by atoms with Crippen LogP contribution >= 0.6 is 0 Å². The third kappa shape index (κ3) is 4.58. The number of ether oxygens (including phenoxy) is 1. The van der Waals surface area contributed by atoms with Gasteiger partial charge in [-0.2, -0.15) is 0 Å². The van der Waals surface area contributed by atoms with E-state index in [4.69, 9.17) is 4.74 Å². The molecule has 7 heteroatoms. The Bertz CT molecular complexity index is 875. The smallest absolute Gasteiger partial charge is 0.338 e. The second-order valence-corrected chi connectivity index (χ2v) is 6.07. The van der Waals surface area contributed by atoms with Crippen LogP contribution in [0.25, 0.3) is 5.57 Å². The van der Waals surface area contributed by atoms with Gasteiger partial charge in [-0.1, -0.05) is 36.4 Å². The number of amides is 1. The number of benzene rings is 2. The van der Waals surface area contributed by atoms with Crippen molar-refractivity contribution < 1.29 is 19.2 Å². The molecule has 0 saturated heterocycles. The Morgan fingerprint density at radius 1 is 1.07 bits per heavy atom. The van der Waals surface area contributed by atoms with Crippen molar-refractivity contribution in [3.8, 4) is 0 Å². The van der Waals surface area contributed by atoms with Crippen molar-refractivity contribution in [3.63, 3.8) is 0 Å². The number of nitro benzene ring substituents is 1. The molecule has 0 saturated carbocycles. The molecule has 2 aromatic rings. The highest BCUT2D eigenvalue weighted by Crippen LogP contribution is 2.22. The number of carbonyl (C=O) groups is 2. The van der Waals surface area contributed by atoms with Crippen molar-refractivity contribution in [2.45, 2.75) is 6.42 Å². The minimum Gasteiger partial charge on any atom is -0.452 e. The van der Waals surface area contributed by atoms with Gasteiger partial charge in [0.2, 0.25) is 0 Å². The topological polar surface area (TPSA) is 89.8 Å². The number of hydrogen-bond donors (Lipinski definition) is 0. The molecule has 138 valence electrons. The van der Waals surface area contributed by atoms with Crippen LogP contribution < -0.4 is 0 Å². The molecule has 0 bridgehead atoms. The Morgan fingerprint density at radius 2 is 1.78 bits per heavy atom. The van der Waals surface area contributed by atoms with Crippen molar-refractivity contribution in [1.82, 2.24) is 4.90 Å². The fraction of sp³-hybridized carbons (Fsp3) is 0.200. The largest absolute Gasteiger partial charge is 0.452 e. The molecule has 1 aliphatic rings. The zero-order valence-corrected chi connectivity index (χ0v) is 14.5. The molecule has 0 aliphatic carbocycles. The highest BCUT2D eigenvalue weighted by molar-refractivity contribution is 5.91. The Hall–Kier alpha value is -3.48. The van der Waals surface area contributed by atoms with Crippen LogP contribution in [0.1, 0.15) is 22.3 Å². The lowest BCUT2D eigenvalue weighted by molar-refractivity contribution is -0.384. The summed E-state index contributed by atoms with van der Waals surface area (Å²) in [7, 11) is 0. The SMILES string of the molecule is O=C(OCC(=O)N1CC=C(c2ccccc2)CC1)c1ccc([N+](=O)[O-])cc1. The van der Waals surface area contributed by atoms with Crippen LogP contribution in [0.15, 0.2) is 60.7 Å². The number of esters is 1. The summed E-state index contributed by atoms with van der Waals surface area (Å²) in [5.74, 6) is -0.954. The first-order valence-corrected chi connectivity index (χ1v) is 8.48. The average Bonchev–Trinajstić information content (AvgIpc) is 2.72. The summed E-state index contributed by atoms with van der Waals surface area (Å²) >= 11 is 0. The molecular weight excluding hydrogens is 348 g/mol. The molecule has 2 aromatic carbocycles. The van der Waals surface area contributed by atoms with Crippen LogP contribution in [0.2, 0.25) is 0 Å². The Kier molecular flexibility index (Phi) is 5.61. The molecule has 0 radical (unpaired) electrons. The molecule has 1 heterocycles. The van der Waals surface area contributed by atoms with E-state index in [1.54, 1.807) is 4.90 Å². The maximum absolute atomic E-state index is 12.3. The van der Waals surface area contributed by atoms with Gasteiger partial charge in [0.1, 0.15) is 0 Å². The fourth-order valence-electron chi connectivity index (χ4n) is 2.83. The summed E-state index contributed by atoms with van der Waals surface area (Å²) < 4.78 is 5.03. The van der Waals surface area contributed by atoms with E-state index >= 15 is 0 Å². The summed E-state index contributed by atoms with van der Waals surface area (Å²) in [6, 6.07) is 15.0. The van der Waals surface area contributed by atoms with Crippen LogP contribution in [0, 0.1) is 10.1 Å². The number of non-ortho nitro benzene ring substituents is 1. The first-order chi connectivity index (χ1) is 13.0. The van der Waals surface area contributed by atoms with Crippen molar-refractivity contribution in [2.24, 2.45) is 0 Å². The number of nitrogens with zero attached hydrogens (tertiary/aromatic N) is 2. The van der Waals surface area contributed by atoms with E-state index in [1.807, 2.05) is 36.4 Å². The molecule has 27 heavy (non-hydrogen) atoms. The lowest BCUT2D eigenvalue weighted by atomic mass is 10.00. The third-order valence-electron chi connectivity index (χ3n) is 4.35. The summed E-state index contributed by atoms with van der Waals surface area (Å²) in [5, 5.41) is 10.6. The monoisotopic (exact) mass is 366 g/mol. The van der Waals surface area contributed by atoms with Crippen LogP contribution in [0.5, 0.6) is 0 Å². The van der Waals surface area contributed by atoms with Crippen LogP contribution in [0.3, 0.4) is 0 Å². The van der Waals surface area contributed by atoms with E-state index in [0.717, 1.165) is 12.0 Å². The molecule has 1 amide bonds. The number of rotatable bonds is 5. The van der Waals surface area contributed by atoms with Crippen molar-refractivity contribution >= 4 is 23.1 Å². The summed E-state index contributed by atoms with van der Waals surface area (Å²) in [6.07, 6.45) is 2.75. The highest BCUT2D eigenvalue weighted by Gasteiger charge is 2.20. The average molecular weight is 366 g/mol. The summed E-state index contributed by atoms with van der Waals surface area (Å²) in [4.78, 5) is 35.9. The molecule has 1 aliphatic heterocycles. The predicted octanol–water partition coefficient (Wildman–Crippen LogP) is 3.07. The maximum Gasteiger partial charge on any atom is 0.338 e. The molecule has 0 N–H and O–H groups in total. The van der Waals surface area contributed by atoms with Gasteiger partial charge in [-0.25, -0.2) is 4.79 Å². The van der Waals surface area contributed by atoms with E-state index in [-0.39, 0.29) is 23.8 Å². The Balaban J connectivity index is 1.52. The second kappa shape index (κ2) is 8.27. The maximum atomic E-state index is 12.3. The Morgan fingerprint density at radius 3 is 2.37 bits per heavy atom. The lowest BCUT2D eigenvalue weighted by Gasteiger charge is -2.26. The molecular formula is C20H18N2O5. The zero-order chi connectivity index (χ0) is 19.2. The normalized spacial score (nSPS) is 13.6. The van der Waals surface area contributed by atoms with Gasteiger partial charge in [-0.15, -0.1) is 0 Å². The molecule has 0 unspecified atom stereocenters. The molecule has 0 fully saturated rings. The van der Waals surface area contributed by atoms with E-state index in [2.05, 4.69) is 0 Å². The van der Waals surface area contributed by atoms with Gasteiger partial charge in [0.25, 0.3) is 11.6 Å². The molecule has 7 nitrogen and oxygen atoms in total. The number of nitro groups is 1. The lowest BCUT2D eigenvalue weighted by Crippen LogP contribution is -2.37. The van der Waals surface area contributed by atoms with Crippen LogP contribution in [-0.4, -0.2) is 41.4 Å². The van der Waals surface area contributed by atoms with E-state index in [0.29, 0.717) is 13.1 Å². The fourth-order valence-corrected chi connectivity index (χ4v) is 2.83. The molecule has 0 atom stereocenters. The molecule has 0 aromatic heterocycles. The van der Waals surface area contributed by atoms with Gasteiger partial charge in [0, 0.05) is 25.2 Å². The minimum absolute atomic E-state index is 0.114. The van der Waals surface area contributed by atoms with Gasteiger partial charge in [0.15, 0.2) is 6.61 Å². The van der Waals surface area contributed by atoms with Crippen LogP contribution in [0.4, 0.5) is 5.69 Å². The van der Waals surface area contributed by atoms with Gasteiger partial charge >= 0.3 is 5.97 Å². The van der Waals surface area contributed by atoms with Gasteiger partial charge in [-0.05, 0) is 29.7 Å². The summed E-state index contributed by atoms with van der Waals surface area (Å²) in [6.45, 7) is 0.678. The molecule has 3 rings (SSSR count). The van der Waals surface area contributed by atoms with Gasteiger partial charge in [0.05, 0.1) is 10.5 Å². The van der Waals surface area contributed by atoms with E-state index in [9.17, 15) is 19.7 Å². The van der Waals surface area contributed by atoms with Crippen molar-refractivity contribution in [3.05, 3.63) is 81.9 Å². The van der Waals surface area contributed by atoms with E-state index in [1.165, 1.54) is 29.8 Å². The van der Waals surface area contributed by atoms with Crippen LogP contribution in [-0.2, 0) is 9.53 Å². The van der Waals surface area contributed by atoms with Crippen molar-refractivity contribution in [2.75, 3.05) is 19.7 Å². The number of hydrogen-bond acceptors (Lipinski definition) is 5. The van der Waals surface area contributed by atoms with Gasteiger partial charge in [-0.3, -0.25) is 14.9 Å². The standard InChI is InChI=1S/C20H18N2O5/c23-19(14-27-20(24)17-6-8-18(9-7-17)22(25)26)21-12-10-16(11-13-21)15-4-2-1-3-5-15/h1-10H,11-14H2. The van der Waals surface area contributed by atoms with Crippen molar-refractivity contribution in [1.29, 1.82) is 0 Å². The number of carbonyl (C=O) groups excluding carboxylic acids is 2. The second-order valence-electron chi connectivity index (χ2n) is 6.07. The zero-order valence-electron chi connectivity index (χ0n) is 14.5.